The molecule has 0 amide bonds. The second-order valence-electron chi connectivity index (χ2n) is 4.57. The van der Waals surface area contributed by atoms with Gasteiger partial charge in [-0.1, -0.05) is 25.5 Å². The summed E-state index contributed by atoms with van der Waals surface area (Å²) in [5.41, 5.74) is 0.372. The molecular weight excluding hydrogens is 232 g/mol. The third kappa shape index (κ3) is 1.33. The molecule has 3 rings (SSSR count). The van der Waals surface area contributed by atoms with Crippen molar-refractivity contribution in [2.24, 2.45) is 5.92 Å². The fourth-order valence-corrected chi connectivity index (χ4v) is 5.19. The summed E-state index contributed by atoms with van der Waals surface area (Å²) in [6, 6.07) is 9.04. The molecule has 0 nitrogen and oxygen atoms in total. The normalized spacial score (nSPS) is 22.9. The molecule has 2 aromatic heterocycles. The van der Waals surface area contributed by atoms with Crippen LogP contribution in [0.5, 0.6) is 0 Å². The molecule has 84 valence electrons. The Kier molecular flexibility index (Phi) is 2.64. The summed E-state index contributed by atoms with van der Waals surface area (Å²) < 4.78 is 0. The Morgan fingerprint density at radius 3 is 2.12 bits per heavy atom. The fourth-order valence-electron chi connectivity index (χ4n) is 3.02. The Morgan fingerprint density at radius 1 is 1.19 bits per heavy atom. The van der Waals surface area contributed by atoms with Crippen LogP contribution in [-0.2, 0) is 5.41 Å². The van der Waals surface area contributed by atoms with Crippen LogP contribution in [-0.4, -0.2) is 0 Å². The molecule has 1 aliphatic carbocycles. The van der Waals surface area contributed by atoms with Crippen LogP contribution in [0.4, 0.5) is 0 Å². The summed E-state index contributed by atoms with van der Waals surface area (Å²) in [6.45, 7) is 2.33. The van der Waals surface area contributed by atoms with Gasteiger partial charge in [0.05, 0.1) is 0 Å². The predicted octanol–water partition coefficient (Wildman–Crippen LogP) is 4.92. The molecule has 2 heteroatoms. The van der Waals surface area contributed by atoms with Crippen molar-refractivity contribution in [2.75, 3.05) is 0 Å². The zero-order valence-electron chi connectivity index (χ0n) is 9.48. The summed E-state index contributed by atoms with van der Waals surface area (Å²) in [6.07, 6.45) is 4.04. The monoisotopic (exact) mass is 248 g/mol. The van der Waals surface area contributed by atoms with Gasteiger partial charge in [0.25, 0.3) is 0 Å². The van der Waals surface area contributed by atoms with Crippen LogP contribution in [0.25, 0.3) is 0 Å². The second-order valence-corrected chi connectivity index (χ2v) is 6.47. The minimum absolute atomic E-state index is 0.372. The van der Waals surface area contributed by atoms with E-state index in [0.717, 1.165) is 5.92 Å². The highest BCUT2D eigenvalue weighted by atomic mass is 32.1. The lowest BCUT2D eigenvalue weighted by Gasteiger charge is -2.48. The van der Waals surface area contributed by atoms with Gasteiger partial charge in [0.1, 0.15) is 0 Å². The molecule has 16 heavy (non-hydrogen) atoms. The highest BCUT2D eigenvalue weighted by molar-refractivity contribution is 7.11. The Morgan fingerprint density at radius 2 is 1.81 bits per heavy atom. The van der Waals surface area contributed by atoms with Gasteiger partial charge in [-0.05, 0) is 41.7 Å². The SMILES string of the molecule is CCC1CCC1(c1cccs1)c1cccs1. The van der Waals surface area contributed by atoms with E-state index in [1.807, 2.05) is 22.7 Å². The van der Waals surface area contributed by atoms with Gasteiger partial charge in [0.2, 0.25) is 0 Å². The lowest BCUT2D eigenvalue weighted by atomic mass is 9.57. The molecule has 0 N–H and O–H groups in total. The standard InChI is InChI=1S/C14H16S2/c1-2-11-7-8-14(11,12-5-3-9-15-12)13-6-4-10-16-13/h3-6,9-11H,2,7-8H2,1H3. The minimum atomic E-state index is 0.372. The maximum absolute atomic E-state index is 2.33. The van der Waals surface area contributed by atoms with Crippen LogP contribution < -0.4 is 0 Å². The zero-order valence-corrected chi connectivity index (χ0v) is 11.1. The van der Waals surface area contributed by atoms with E-state index in [-0.39, 0.29) is 0 Å². The maximum Gasteiger partial charge on any atom is 0.0418 e. The summed E-state index contributed by atoms with van der Waals surface area (Å²) in [5.74, 6) is 0.852. The zero-order chi connectivity index (χ0) is 11.0. The Bertz CT molecular complexity index is 403. The number of rotatable bonds is 3. The summed E-state index contributed by atoms with van der Waals surface area (Å²) in [4.78, 5) is 3.15. The lowest BCUT2D eigenvalue weighted by molar-refractivity contribution is 0.166. The first-order chi connectivity index (χ1) is 7.88. The van der Waals surface area contributed by atoms with E-state index in [9.17, 15) is 0 Å². The van der Waals surface area contributed by atoms with Crippen molar-refractivity contribution in [2.45, 2.75) is 31.6 Å². The van der Waals surface area contributed by atoms with Crippen LogP contribution >= 0.6 is 22.7 Å². The van der Waals surface area contributed by atoms with E-state index >= 15 is 0 Å². The van der Waals surface area contributed by atoms with E-state index in [1.165, 1.54) is 19.3 Å². The Labute approximate surface area is 105 Å². The molecule has 2 aromatic rings. The average Bonchev–Trinajstić information content (AvgIpc) is 2.89. The van der Waals surface area contributed by atoms with Crippen LogP contribution in [0.2, 0.25) is 0 Å². The van der Waals surface area contributed by atoms with Crippen LogP contribution in [0.3, 0.4) is 0 Å². The van der Waals surface area contributed by atoms with Crippen molar-refractivity contribution in [1.29, 1.82) is 0 Å². The van der Waals surface area contributed by atoms with E-state index in [1.54, 1.807) is 9.75 Å². The molecule has 1 saturated carbocycles. The van der Waals surface area contributed by atoms with Gasteiger partial charge in [-0.15, -0.1) is 22.7 Å². The molecule has 2 heterocycles. The highest BCUT2D eigenvalue weighted by Gasteiger charge is 2.49. The van der Waals surface area contributed by atoms with Crippen molar-refractivity contribution in [3.8, 4) is 0 Å². The van der Waals surface area contributed by atoms with Crippen molar-refractivity contribution >= 4 is 22.7 Å². The molecule has 1 atom stereocenters. The van der Waals surface area contributed by atoms with Gasteiger partial charge in [-0.3, -0.25) is 0 Å². The minimum Gasteiger partial charge on any atom is -0.148 e. The highest BCUT2D eigenvalue weighted by Crippen LogP contribution is 2.56. The van der Waals surface area contributed by atoms with Crippen molar-refractivity contribution < 1.29 is 0 Å². The predicted molar refractivity (Wildman–Crippen MR) is 72.4 cm³/mol. The number of hydrogen-bond donors (Lipinski definition) is 0. The smallest absolute Gasteiger partial charge is 0.0418 e. The van der Waals surface area contributed by atoms with Gasteiger partial charge >= 0.3 is 0 Å². The maximum atomic E-state index is 2.33. The van der Waals surface area contributed by atoms with Crippen LogP contribution in [0.1, 0.15) is 35.9 Å². The third-order valence-corrected chi connectivity index (χ3v) is 6.09. The van der Waals surface area contributed by atoms with Gasteiger partial charge in [0.15, 0.2) is 0 Å². The molecule has 0 bridgehead atoms. The average molecular weight is 248 g/mol. The first-order valence-electron chi connectivity index (χ1n) is 5.96. The fraction of sp³-hybridized carbons (Fsp3) is 0.429. The second kappa shape index (κ2) is 4.01. The third-order valence-electron chi connectivity index (χ3n) is 4.00. The molecule has 0 spiro atoms. The van der Waals surface area contributed by atoms with E-state index in [2.05, 4.69) is 41.9 Å². The van der Waals surface area contributed by atoms with Crippen LogP contribution in [0.15, 0.2) is 35.0 Å². The molecule has 1 aliphatic rings. The molecule has 0 saturated heterocycles. The van der Waals surface area contributed by atoms with Crippen LogP contribution in [0, 0.1) is 5.92 Å². The Hall–Kier alpha value is -0.600. The summed E-state index contributed by atoms with van der Waals surface area (Å²) in [5, 5.41) is 4.44. The number of thiophene rings is 2. The van der Waals surface area contributed by atoms with Crippen molar-refractivity contribution in [3.05, 3.63) is 44.8 Å². The van der Waals surface area contributed by atoms with Crippen molar-refractivity contribution in [3.63, 3.8) is 0 Å². The van der Waals surface area contributed by atoms with Gasteiger partial charge in [-0.2, -0.15) is 0 Å². The molecule has 1 fully saturated rings. The van der Waals surface area contributed by atoms with E-state index in [4.69, 9.17) is 0 Å². The molecule has 0 radical (unpaired) electrons. The molecular formula is C14H16S2. The first kappa shape index (κ1) is 10.5. The summed E-state index contributed by atoms with van der Waals surface area (Å²) >= 11 is 3.86. The van der Waals surface area contributed by atoms with Crippen molar-refractivity contribution in [1.82, 2.24) is 0 Å². The molecule has 0 aliphatic heterocycles. The largest absolute Gasteiger partial charge is 0.148 e. The van der Waals surface area contributed by atoms with Gasteiger partial charge < -0.3 is 0 Å². The molecule has 1 unspecified atom stereocenters. The number of hydrogen-bond acceptors (Lipinski definition) is 2. The van der Waals surface area contributed by atoms with E-state index in [0.29, 0.717) is 5.41 Å². The summed E-state index contributed by atoms with van der Waals surface area (Å²) in [7, 11) is 0. The molecule has 0 aromatic carbocycles. The first-order valence-corrected chi connectivity index (χ1v) is 7.72. The van der Waals surface area contributed by atoms with E-state index < -0.39 is 0 Å². The Balaban J connectivity index is 2.09. The van der Waals surface area contributed by atoms with Gasteiger partial charge in [-0.25, -0.2) is 0 Å². The quantitative estimate of drug-likeness (QED) is 0.723. The topological polar surface area (TPSA) is 0 Å². The van der Waals surface area contributed by atoms with Gasteiger partial charge in [0, 0.05) is 15.2 Å². The lowest BCUT2D eigenvalue weighted by Crippen LogP contribution is -2.43.